The summed E-state index contributed by atoms with van der Waals surface area (Å²) in [6.07, 6.45) is 0.331. The number of rotatable bonds is 2. The van der Waals surface area contributed by atoms with Gasteiger partial charge in [0.2, 0.25) is 5.75 Å². The maximum absolute atomic E-state index is 9.42. The maximum Gasteiger partial charge on any atom is 0.202 e. The highest BCUT2D eigenvalue weighted by molar-refractivity contribution is 14.1. The third-order valence-electron chi connectivity index (χ3n) is 1.76. The highest BCUT2D eigenvalue weighted by Crippen LogP contribution is 2.44. The van der Waals surface area contributed by atoms with Crippen molar-refractivity contribution in [2.75, 3.05) is 6.61 Å². The van der Waals surface area contributed by atoms with E-state index in [-0.39, 0.29) is 18.1 Å². The van der Waals surface area contributed by atoms with Gasteiger partial charge in [0.15, 0.2) is 11.5 Å². The Bertz CT molecular complexity index is 336. The zero-order chi connectivity index (χ0) is 10.9. The molecule has 0 aliphatic rings. The molecular formula is C8H8I2O4. The summed E-state index contributed by atoms with van der Waals surface area (Å²) in [5, 5.41) is 36.9. The summed E-state index contributed by atoms with van der Waals surface area (Å²) in [5.74, 6) is -1.19. The van der Waals surface area contributed by atoms with Gasteiger partial charge in [-0.3, -0.25) is 0 Å². The molecule has 0 saturated carbocycles. The van der Waals surface area contributed by atoms with E-state index in [2.05, 4.69) is 0 Å². The van der Waals surface area contributed by atoms with Crippen molar-refractivity contribution in [3.05, 3.63) is 12.7 Å². The lowest BCUT2D eigenvalue weighted by Gasteiger charge is -2.11. The summed E-state index contributed by atoms with van der Waals surface area (Å²) in [4.78, 5) is 0. The molecule has 78 valence electrons. The van der Waals surface area contributed by atoms with Gasteiger partial charge < -0.3 is 20.4 Å². The van der Waals surface area contributed by atoms with Crippen LogP contribution < -0.4 is 0 Å². The zero-order valence-electron chi connectivity index (χ0n) is 6.96. The quantitative estimate of drug-likeness (QED) is 0.431. The largest absolute Gasteiger partial charge is 0.503 e. The van der Waals surface area contributed by atoms with E-state index in [1.807, 2.05) is 45.2 Å². The van der Waals surface area contributed by atoms with Crippen LogP contribution in [0.25, 0.3) is 0 Å². The van der Waals surface area contributed by atoms with Crippen molar-refractivity contribution in [3.8, 4) is 17.2 Å². The van der Waals surface area contributed by atoms with Crippen LogP contribution >= 0.6 is 45.2 Å². The lowest BCUT2D eigenvalue weighted by Crippen LogP contribution is -1.98. The molecule has 1 aromatic carbocycles. The molecule has 6 heteroatoms. The lowest BCUT2D eigenvalue weighted by molar-refractivity contribution is 0.298. The smallest absolute Gasteiger partial charge is 0.202 e. The first-order valence-electron chi connectivity index (χ1n) is 3.72. The Labute approximate surface area is 108 Å². The first-order valence-corrected chi connectivity index (χ1v) is 5.88. The van der Waals surface area contributed by atoms with Gasteiger partial charge in [-0.25, -0.2) is 0 Å². The van der Waals surface area contributed by atoms with Crippen LogP contribution in [0.2, 0.25) is 0 Å². The molecular weight excluding hydrogens is 414 g/mol. The van der Waals surface area contributed by atoms with Crippen molar-refractivity contribution >= 4 is 45.2 Å². The van der Waals surface area contributed by atoms with Crippen LogP contribution in [0.15, 0.2) is 0 Å². The van der Waals surface area contributed by atoms with Crippen molar-refractivity contribution in [1.82, 2.24) is 0 Å². The summed E-state index contributed by atoms with van der Waals surface area (Å²) < 4.78 is 0.910. The summed E-state index contributed by atoms with van der Waals surface area (Å²) in [6.45, 7) is -0.0738. The molecule has 0 radical (unpaired) electrons. The molecule has 0 heterocycles. The second-order valence-electron chi connectivity index (χ2n) is 2.63. The van der Waals surface area contributed by atoms with Crippen LogP contribution in [0.1, 0.15) is 5.56 Å². The van der Waals surface area contributed by atoms with Gasteiger partial charge in [-0.2, -0.15) is 0 Å². The minimum Gasteiger partial charge on any atom is -0.503 e. The first-order chi connectivity index (χ1) is 6.50. The van der Waals surface area contributed by atoms with Gasteiger partial charge in [-0.15, -0.1) is 0 Å². The van der Waals surface area contributed by atoms with Crippen LogP contribution in [0.5, 0.6) is 17.2 Å². The lowest BCUT2D eigenvalue weighted by atomic mass is 10.1. The summed E-state index contributed by atoms with van der Waals surface area (Å²) >= 11 is 3.72. The molecule has 1 rings (SSSR count). The Morgan fingerprint density at radius 1 is 0.857 bits per heavy atom. The van der Waals surface area contributed by atoms with Crippen molar-refractivity contribution in [2.45, 2.75) is 6.42 Å². The molecule has 0 aliphatic heterocycles. The van der Waals surface area contributed by atoms with Crippen LogP contribution in [-0.2, 0) is 6.42 Å². The highest BCUT2D eigenvalue weighted by Gasteiger charge is 2.19. The van der Waals surface area contributed by atoms with E-state index >= 15 is 0 Å². The molecule has 14 heavy (non-hydrogen) atoms. The Kier molecular flexibility index (Phi) is 4.07. The number of hydrogen-bond donors (Lipinski definition) is 4. The zero-order valence-corrected chi connectivity index (χ0v) is 11.3. The fraction of sp³-hybridized carbons (Fsp3) is 0.250. The average molecular weight is 422 g/mol. The Morgan fingerprint density at radius 3 is 1.64 bits per heavy atom. The number of benzene rings is 1. The van der Waals surface area contributed by atoms with Crippen LogP contribution in [0, 0.1) is 7.14 Å². The van der Waals surface area contributed by atoms with Crippen molar-refractivity contribution in [1.29, 1.82) is 0 Å². The van der Waals surface area contributed by atoms with E-state index in [1.54, 1.807) is 0 Å². The highest BCUT2D eigenvalue weighted by atomic mass is 127. The van der Waals surface area contributed by atoms with Gasteiger partial charge in [-0.05, 0) is 57.2 Å². The molecule has 0 amide bonds. The minimum atomic E-state index is -0.513. The van der Waals surface area contributed by atoms with Gasteiger partial charge in [0, 0.05) is 6.61 Å². The molecule has 0 bridgehead atoms. The van der Waals surface area contributed by atoms with Gasteiger partial charge in [0.05, 0.1) is 7.14 Å². The third kappa shape index (κ3) is 2.01. The molecule has 0 unspecified atom stereocenters. The van der Waals surface area contributed by atoms with Crippen molar-refractivity contribution in [3.63, 3.8) is 0 Å². The Morgan fingerprint density at radius 2 is 1.29 bits per heavy atom. The molecule has 0 saturated heterocycles. The molecule has 1 aromatic rings. The van der Waals surface area contributed by atoms with E-state index in [0.29, 0.717) is 19.1 Å². The van der Waals surface area contributed by atoms with Crippen molar-refractivity contribution < 1.29 is 20.4 Å². The Hall–Kier alpha value is 0.0400. The van der Waals surface area contributed by atoms with Gasteiger partial charge >= 0.3 is 0 Å². The van der Waals surface area contributed by atoms with E-state index in [4.69, 9.17) is 5.11 Å². The number of aliphatic hydroxyl groups excluding tert-OH is 1. The molecule has 0 atom stereocenters. The summed E-state index contributed by atoms with van der Waals surface area (Å²) in [5.41, 5.74) is 0.640. The molecule has 0 spiro atoms. The molecule has 4 nitrogen and oxygen atoms in total. The number of aromatic hydroxyl groups is 3. The number of hydrogen-bond acceptors (Lipinski definition) is 4. The molecule has 4 N–H and O–H groups in total. The van der Waals surface area contributed by atoms with E-state index in [9.17, 15) is 15.3 Å². The minimum absolute atomic E-state index is 0.0738. The first kappa shape index (κ1) is 12.1. The normalized spacial score (nSPS) is 10.5. The van der Waals surface area contributed by atoms with Crippen LogP contribution in [0.3, 0.4) is 0 Å². The predicted octanol–water partition coefficient (Wildman–Crippen LogP) is 1.55. The van der Waals surface area contributed by atoms with Crippen LogP contribution in [0.4, 0.5) is 0 Å². The second kappa shape index (κ2) is 4.71. The number of aliphatic hydroxyl groups is 1. The van der Waals surface area contributed by atoms with Gasteiger partial charge in [0.1, 0.15) is 0 Å². The average Bonchev–Trinajstić information content (AvgIpc) is 2.19. The third-order valence-corrected chi connectivity index (χ3v) is 4.08. The van der Waals surface area contributed by atoms with E-state index < -0.39 is 5.75 Å². The SMILES string of the molecule is OCCc1c(I)c(O)c(O)c(O)c1I. The number of halogens is 2. The fourth-order valence-electron chi connectivity index (χ4n) is 1.03. The van der Waals surface area contributed by atoms with Gasteiger partial charge in [0.25, 0.3) is 0 Å². The standard InChI is InChI=1S/C8H8I2O4/c9-4-3(1-2-11)5(10)7(13)8(14)6(4)12/h11-14H,1-2H2. The molecule has 0 aromatic heterocycles. The monoisotopic (exact) mass is 422 g/mol. The second-order valence-corrected chi connectivity index (χ2v) is 4.78. The summed E-state index contributed by atoms with van der Waals surface area (Å²) in [6, 6.07) is 0. The Balaban J connectivity index is 3.43. The number of phenolic OH excluding ortho intramolecular Hbond substituents is 3. The maximum atomic E-state index is 9.42. The number of phenols is 3. The summed E-state index contributed by atoms with van der Waals surface area (Å²) in [7, 11) is 0. The predicted molar refractivity (Wildman–Crippen MR) is 67.7 cm³/mol. The molecule has 0 fully saturated rings. The fourth-order valence-corrected chi connectivity index (χ4v) is 3.14. The molecule has 0 aliphatic carbocycles. The van der Waals surface area contributed by atoms with E-state index in [0.717, 1.165) is 0 Å². The van der Waals surface area contributed by atoms with Crippen LogP contribution in [-0.4, -0.2) is 27.0 Å². The van der Waals surface area contributed by atoms with Crippen molar-refractivity contribution in [2.24, 2.45) is 0 Å². The van der Waals surface area contributed by atoms with E-state index in [1.165, 1.54) is 0 Å². The van der Waals surface area contributed by atoms with Gasteiger partial charge in [-0.1, -0.05) is 0 Å². The topological polar surface area (TPSA) is 80.9 Å².